The number of aromatic nitrogens is 2. The molecule has 0 aliphatic heterocycles. The van der Waals surface area contributed by atoms with Crippen molar-refractivity contribution in [3.05, 3.63) is 34.3 Å². The van der Waals surface area contributed by atoms with Crippen LogP contribution < -0.4 is 16.8 Å². The molecule has 1 heterocycles. The smallest absolute Gasteiger partial charge is 0.196 e. The van der Waals surface area contributed by atoms with E-state index in [1.54, 1.807) is 6.07 Å². The largest absolute Gasteiger partial charge is 0.383 e. The van der Waals surface area contributed by atoms with Gasteiger partial charge in [-0.15, -0.1) is 0 Å². The molecule has 5 nitrogen and oxygen atoms in total. The number of anilines is 2. The molecule has 1 atom stereocenters. The molecule has 2 aromatic rings. The van der Waals surface area contributed by atoms with Crippen LogP contribution in [0, 0.1) is 0 Å². The van der Waals surface area contributed by atoms with Crippen molar-refractivity contribution in [1.29, 1.82) is 0 Å². The Balaban J connectivity index is 2.37. The van der Waals surface area contributed by atoms with Gasteiger partial charge in [0.2, 0.25) is 0 Å². The molecule has 0 spiro atoms. The summed E-state index contributed by atoms with van der Waals surface area (Å²) in [6.07, 6.45) is 0. The zero-order valence-electron chi connectivity index (χ0n) is 11.2. The molecule has 1 unspecified atom stereocenters. The van der Waals surface area contributed by atoms with Crippen molar-refractivity contribution in [2.24, 2.45) is 0 Å². The summed E-state index contributed by atoms with van der Waals surface area (Å²) in [6.45, 7) is 2.10. The summed E-state index contributed by atoms with van der Waals surface area (Å²) >= 11 is 4.95. The third kappa shape index (κ3) is 3.62. The van der Waals surface area contributed by atoms with Crippen LogP contribution in [0.25, 0.3) is 0 Å². The Kier molecular flexibility index (Phi) is 4.85. The van der Waals surface area contributed by atoms with E-state index < -0.39 is 0 Å². The van der Waals surface area contributed by atoms with Gasteiger partial charge in [0.05, 0.1) is 0 Å². The molecule has 1 aromatic carbocycles. The number of hydrogen-bond acceptors (Lipinski definition) is 6. The molecule has 0 radical (unpaired) electrons. The first-order chi connectivity index (χ1) is 9.49. The molecule has 20 heavy (non-hydrogen) atoms. The van der Waals surface area contributed by atoms with Crippen LogP contribution in [-0.4, -0.2) is 17.0 Å². The molecule has 0 amide bonds. The third-order valence-corrected chi connectivity index (χ3v) is 4.27. The molecule has 0 aliphatic rings. The second-order valence-electron chi connectivity index (χ2n) is 4.29. The third-order valence-electron chi connectivity index (χ3n) is 2.82. The van der Waals surface area contributed by atoms with Crippen molar-refractivity contribution >= 4 is 39.3 Å². The average Bonchev–Trinajstić information content (AvgIpc) is 2.38. The maximum absolute atomic E-state index is 5.70. The van der Waals surface area contributed by atoms with E-state index in [1.807, 2.05) is 19.2 Å². The minimum absolute atomic E-state index is 0.216. The molecule has 0 saturated carbocycles. The molecule has 5 N–H and O–H groups in total. The zero-order chi connectivity index (χ0) is 14.7. The van der Waals surface area contributed by atoms with Gasteiger partial charge in [0.25, 0.3) is 0 Å². The molecule has 0 fully saturated rings. The highest BCUT2D eigenvalue weighted by molar-refractivity contribution is 9.10. The van der Waals surface area contributed by atoms with E-state index in [-0.39, 0.29) is 6.04 Å². The van der Waals surface area contributed by atoms with E-state index in [2.05, 4.69) is 44.2 Å². The maximum Gasteiger partial charge on any atom is 0.196 e. The topological polar surface area (TPSA) is 89.8 Å². The summed E-state index contributed by atoms with van der Waals surface area (Å²) in [5.74, 6) is 0.751. The number of nitrogens with zero attached hydrogens (tertiary/aromatic N) is 2. The fraction of sp³-hybridized carbons (Fsp3) is 0.231. The van der Waals surface area contributed by atoms with E-state index in [4.69, 9.17) is 11.5 Å². The Labute approximate surface area is 130 Å². The van der Waals surface area contributed by atoms with Crippen LogP contribution in [-0.2, 0) is 0 Å². The first-order valence-electron chi connectivity index (χ1n) is 6.04. The summed E-state index contributed by atoms with van der Waals surface area (Å²) in [5.41, 5.74) is 12.6. The van der Waals surface area contributed by atoms with E-state index >= 15 is 0 Å². The molecule has 7 heteroatoms. The number of nitrogen functional groups attached to an aromatic ring is 2. The van der Waals surface area contributed by atoms with Gasteiger partial charge in [0, 0.05) is 21.5 Å². The van der Waals surface area contributed by atoms with Crippen LogP contribution in [0.15, 0.2) is 38.8 Å². The van der Waals surface area contributed by atoms with Gasteiger partial charge < -0.3 is 16.8 Å². The Bertz CT molecular complexity index is 599. The molecular weight excluding hydrogens is 338 g/mol. The highest BCUT2D eigenvalue weighted by atomic mass is 79.9. The van der Waals surface area contributed by atoms with Gasteiger partial charge in [-0.3, -0.25) is 0 Å². The van der Waals surface area contributed by atoms with E-state index in [0.717, 1.165) is 14.9 Å². The number of nitrogens with two attached hydrogens (primary N) is 2. The van der Waals surface area contributed by atoms with Crippen LogP contribution >= 0.6 is 27.7 Å². The summed E-state index contributed by atoms with van der Waals surface area (Å²) in [5, 5.41) is 3.78. The predicted molar refractivity (Wildman–Crippen MR) is 86.6 cm³/mol. The highest BCUT2D eigenvalue weighted by Crippen LogP contribution is 2.33. The van der Waals surface area contributed by atoms with Crippen LogP contribution in [0.4, 0.5) is 11.6 Å². The van der Waals surface area contributed by atoms with Gasteiger partial charge in [-0.2, -0.15) is 0 Å². The Morgan fingerprint density at radius 1 is 1.20 bits per heavy atom. The Morgan fingerprint density at radius 3 is 2.45 bits per heavy atom. The summed E-state index contributed by atoms with van der Waals surface area (Å²) in [6, 6.07) is 7.86. The fourth-order valence-electron chi connectivity index (χ4n) is 1.71. The fourth-order valence-corrected chi connectivity index (χ4v) is 3.08. The van der Waals surface area contributed by atoms with Gasteiger partial charge in [-0.1, -0.05) is 15.9 Å². The SMILES string of the molecule is CNC(C)c1cc(Br)ccc1Sc1nc(N)cc(N)n1. The lowest BCUT2D eigenvalue weighted by Crippen LogP contribution is -2.13. The lowest BCUT2D eigenvalue weighted by Gasteiger charge is -2.15. The molecule has 0 aliphatic carbocycles. The highest BCUT2D eigenvalue weighted by Gasteiger charge is 2.12. The van der Waals surface area contributed by atoms with E-state index in [9.17, 15) is 0 Å². The second kappa shape index (κ2) is 6.43. The number of halogens is 1. The van der Waals surface area contributed by atoms with E-state index in [0.29, 0.717) is 16.8 Å². The normalized spacial score (nSPS) is 12.3. The van der Waals surface area contributed by atoms with Crippen LogP contribution in [0.3, 0.4) is 0 Å². The monoisotopic (exact) mass is 353 g/mol. The lowest BCUT2D eigenvalue weighted by atomic mass is 10.1. The van der Waals surface area contributed by atoms with Crippen molar-refractivity contribution in [3.8, 4) is 0 Å². The van der Waals surface area contributed by atoms with E-state index in [1.165, 1.54) is 11.8 Å². The second-order valence-corrected chi connectivity index (χ2v) is 6.22. The predicted octanol–water partition coefficient (Wildman–Crippen LogP) is 2.84. The van der Waals surface area contributed by atoms with Gasteiger partial charge in [-0.05, 0) is 49.5 Å². The van der Waals surface area contributed by atoms with Crippen LogP contribution in [0.5, 0.6) is 0 Å². The maximum atomic E-state index is 5.70. The number of rotatable bonds is 4. The van der Waals surface area contributed by atoms with Crippen molar-refractivity contribution in [2.45, 2.75) is 23.0 Å². The number of hydrogen-bond donors (Lipinski definition) is 3. The first kappa shape index (κ1) is 15.1. The summed E-state index contributed by atoms with van der Waals surface area (Å²) in [7, 11) is 1.93. The summed E-state index contributed by atoms with van der Waals surface area (Å²) < 4.78 is 1.03. The molecule has 2 rings (SSSR count). The Morgan fingerprint density at radius 2 is 1.85 bits per heavy atom. The minimum Gasteiger partial charge on any atom is -0.383 e. The van der Waals surface area contributed by atoms with Crippen molar-refractivity contribution in [2.75, 3.05) is 18.5 Å². The van der Waals surface area contributed by atoms with Crippen molar-refractivity contribution in [1.82, 2.24) is 15.3 Å². The number of benzene rings is 1. The van der Waals surface area contributed by atoms with Crippen molar-refractivity contribution < 1.29 is 0 Å². The zero-order valence-corrected chi connectivity index (χ0v) is 13.6. The van der Waals surface area contributed by atoms with Gasteiger partial charge in [0.1, 0.15) is 11.6 Å². The molecule has 0 saturated heterocycles. The van der Waals surface area contributed by atoms with Gasteiger partial charge >= 0.3 is 0 Å². The first-order valence-corrected chi connectivity index (χ1v) is 7.65. The van der Waals surface area contributed by atoms with Crippen LogP contribution in [0.1, 0.15) is 18.5 Å². The number of nitrogens with one attached hydrogen (secondary N) is 1. The minimum atomic E-state index is 0.216. The summed E-state index contributed by atoms with van der Waals surface area (Å²) in [4.78, 5) is 9.46. The Hall–Kier alpha value is -1.31. The molecular formula is C13H16BrN5S. The average molecular weight is 354 g/mol. The van der Waals surface area contributed by atoms with Crippen molar-refractivity contribution in [3.63, 3.8) is 0 Å². The molecule has 0 bridgehead atoms. The van der Waals surface area contributed by atoms with Gasteiger partial charge in [0.15, 0.2) is 5.16 Å². The van der Waals surface area contributed by atoms with Gasteiger partial charge in [-0.25, -0.2) is 9.97 Å². The molecule has 106 valence electrons. The quantitative estimate of drug-likeness (QED) is 0.732. The standard InChI is InChI=1S/C13H16BrN5S/c1-7(17-2)9-5-8(14)3-4-10(9)20-13-18-11(15)6-12(16)19-13/h3-7,17H,1-2H3,(H4,15,16,18,19). The van der Waals surface area contributed by atoms with Crippen LogP contribution in [0.2, 0.25) is 0 Å². The lowest BCUT2D eigenvalue weighted by molar-refractivity contribution is 0.641. The molecule has 1 aromatic heterocycles.